The van der Waals surface area contributed by atoms with Crippen LogP contribution in [0.1, 0.15) is 42.2 Å². The van der Waals surface area contributed by atoms with E-state index < -0.39 is 6.10 Å². The number of nitrogens with one attached hydrogen (secondary N) is 1. The zero-order valence-electron chi connectivity index (χ0n) is 11.9. The molecule has 96 valence electrons. The normalized spacial score (nSPS) is 13.8. The van der Waals surface area contributed by atoms with Gasteiger partial charge >= 0.3 is 0 Å². The minimum absolute atomic E-state index is 0.165. The van der Waals surface area contributed by atoms with Crippen LogP contribution in [-0.2, 0) is 0 Å². The highest BCUT2D eigenvalue weighted by Crippen LogP contribution is 2.35. The van der Waals surface area contributed by atoms with Crippen LogP contribution in [0, 0.1) is 26.2 Å². The van der Waals surface area contributed by atoms with Crippen LogP contribution >= 0.6 is 0 Å². The maximum absolute atomic E-state index is 10.5. The fourth-order valence-corrected chi connectivity index (χ4v) is 2.25. The summed E-state index contributed by atoms with van der Waals surface area (Å²) < 4.78 is 0. The lowest BCUT2D eigenvalue weighted by molar-refractivity contribution is 0.0500. The molecule has 0 aliphatic heterocycles. The first-order chi connectivity index (χ1) is 7.81. The fraction of sp³-hybridized carbons (Fsp3) is 0.600. The van der Waals surface area contributed by atoms with Crippen LogP contribution in [0.3, 0.4) is 0 Å². The molecular formula is C15H25NO. The molecular weight excluding hydrogens is 210 g/mol. The molecule has 1 atom stereocenters. The minimum atomic E-state index is -0.436. The zero-order valence-corrected chi connectivity index (χ0v) is 11.9. The molecule has 0 spiro atoms. The van der Waals surface area contributed by atoms with Gasteiger partial charge in [0.15, 0.2) is 0 Å². The second kappa shape index (κ2) is 5.19. The molecule has 0 saturated carbocycles. The third-order valence-corrected chi connectivity index (χ3v) is 3.77. The summed E-state index contributed by atoms with van der Waals surface area (Å²) in [6, 6.07) is 4.15. The standard InChI is InChI=1S/C15H25NO/c1-10-7-8-13(12(3)11(10)2)14(17)15(4,5)9-16-6/h7-8,14,16-17H,9H2,1-6H3. The molecule has 0 aliphatic carbocycles. The van der Waals surface area contributed by atoms with Crippen molar-refractivity contribution in [3.63, 3.8) is 0 Å². The Morgan fingerprint density at radius 2 is 1.76 bits per heavy atom. The largest absolute Gasteiger partial charge is 0.388 e. The van der Waals surface area contributed by atoms with E-state index in [9.17, 15) is 5.11 Å². The van der Waals surface area contributed by atoms with E-state index in [2.05, 4.69) is 52.1 Å². The average Bonchev–Trinajstić information content (AvgIpc) is 2.25. The molecule has 2 heteroatoms. The Bertz CT molecular complexity index is 396. The average molecular weight is 235 g/mol. The number of benzene rings is 1. The van der Waals surface area contributed by atoms with Crippen molar-refractivity contribution in [1.29, 1.82) is 0 Å². The van der Waals surface area contributed by atoms with Gasteiger partial charge in [-0.25, -0.2) is 0 Å². The number of aryl methyl sites for hydroxylation is 1. The molecule has 0 fully saturated rings. The molecule has 1 unspecified atom stereocenters. The highest BCUT2D eigenvalue weighted by Gasteiger charge is 2.29. The van der Waals surface area contributed by atoms with E-state index >= 15 is 0 Å². The number of hydrogen-bond acceptors (Lipinski definition) is 2. The summed E-state index contributed by atoms with van der Waals surface area (Å²) in [5.74, 6) is 0. The topological polar surface area (TPSA) is 32.3 Å². The molecule has 0 saturated heterocycles. The van der Waals surface area contributed by atoms with Gasteiger partial charge in [0.2, 0.25) is 0 Å². The molecule has 1 aromatic carbocycles. The monoisotopic (exact) mass is 235 g/mol. The van der Waals surface area contributed by atoms with E-state index in [-0.39, 0.29) is 5.41 Å². The van der Waals surface area contributed by atoms with Crippen LogP contribution in [0.5, 0.6) is 0 Å². The molecule has 0 heterocycles. The van der Waals surface area contributed by atoms with Crippen LogP contribution in [0.15, 0.2) is 12.1 Å². The van der Waals surface area contributed by atoms with E-state index in [1.54, 1.807) is 0 Å². The summed E-state index contributed by atoms with van der Waals surface area (Å²) >= 11 is 0. The van der Waals surface area contributed by atoms with E-state index in [1.165, 1.54) is 16.7 Å². The number of hydrogen-bond donors (Lipinski definition) is 2. The molecule has 0 aromatic heterocycles. The van der Waals surface area contributed by atoms with Gasteiger partial charge in [-0.15, -0.1) is 0 Å². The quantitative estimate of drug-likeness (QED) is 0.841. The molecule has 0 radical (unpaired) electrons. The van der Waals surface area contributed by atoms with Crippen molar-refractivity contribution in [3.8, 4) is 0 Å². The fourth-order valence-electron chi connectivity index (χ4n) is 2.25. The minimum Gasteiger partial charge on any atom is -0.388 e. The van der Waals surface area contributed by atoms with Crippen molar-refractivity contribution in [3.05, 3.63) is 34.4 Å². The molecule has 0 amide bonds. The van der Waals surface area contributed by atoms with E-state index in [0.717, 1.165) is 12.1 Å². The van der Waals surface area contributed by atoms with Crippen LogP contribution in [-0.4, -0.2) is 18.7 Å². The summed E-state index contributed by atoms with van der Waals surface area (Å²) in [5.41, 5.74) is 4.66. The number of rotatable bonds is 4. The molecule has 0 aliphatic rings. The predicted molar refractivity (Wildman–Crippen MR) is 73.3 cm³/mol. The van der Waals surface area contributed by atoms with Crippen LogP contribution in [0.25, 0.3) is 0 Å². The Balaban J connectivity index is 3.13. The zero-order chi connectivity index (χ0) is 13.2. The van der Waals surface area contributed by atoms with Crippen molar-refractivity contribution in [2.75, 3.05) is 13.6 Å². The van der Waals surface area contributed by atoms with Crippen LogP contribution < -0.4 is 5.32 Å². The Labute approximate surface area is 105 Å². The van der Waals surface area contributed by atoms with Gasteiger partial charge in [0.1, 0.15) is 0 Å². The van der Waals surface area contributed by atoms with Crippen molar-refractivity contribution in [1.82, 2.24) is 5.32 Å². The molecule has 0 bridgehead atoms. The van der Waals surface area contributed by atoms with Crippen LogP contribution in [0.2, 0.25) is 0 Å². The SMILES string of the molecule is CNCC(C)(C)C(O)c1ccc(C)c(C)c1C. The van der Waals surface area contributed by atoms with Gasteiger partial charge in [0, 0.05) is 12.0 Å². The lowest BCUT2D eigenvalue weighted by Crippen LogP contribution is -2.33. The Morgan fingerprint density at radius 3 is 2.29 bits per heavy atom. The third-order valence-electron chi connectivity index (χ3n) is 3.77. The van der Waals surface area contributed by atoms with Gasteiger partial charge in [0.05, 0.1) is 6.10 Å². The van der Waals surface area contributed by atoms with Crippen molar-refractivity contribution in [2.45, 2.75) is 40.7 Å². The molecule has 17 heavy (non-hydrogen) atoms. The van der Waals surface area contributed by atoms with Gasteiger partial charge in [-0.1, -0.05) is 26.0 Å². The van der Waals surface area contributed by atoms with Gasteiger partial charge in [-0.2, -0.15) is 0 Å². The van der Waals surface area contributed by atoms with E-state index in [1.807, 2.05) is 7.05 Å². The maximum atomic E-state index is 10.5. The first-order valence-electron chi connectivity index (χ1n) is 6.20. The number of aliphatic hydroxyl groups is 1. The molecule has 2 nitrogen and oxygen atoms in total. The Morgan fingerprint density at radius 1 is 1.18 bits per heavy atom. The summed E-state index contributed by atoms with van der Waals surface area (Å²) in [4.78, 5) is 0. The van der Waals surface area contributed by atoms with Crippen LogP contribution in [0.4, 0.5) is 0 Å². The summed E-state index contributed by atoms with van der Waals surface area (Å²) in [6.07, 6.45) is -0.436. The summed E-state index contributed by atoms with van der Waals surface area (Å²) in [7, 11) is 1.92. The van der Waals surface area contributed by atoms with Gasteiger partial charge in [-0.05, 0) is 50.1 Å². The smallest absolute Gasteiger partial charge is 0.0855 e. The van der Waals surface area contributed by atoms with Crippen molar-refractivity contribution in [2.24, 2.45) is 5.41 Å². The summed E-state index contributed by atoms with van der Waals surface area (Å²) in [6.45, 7) is 11.3. The number of aliphatic hydroxyl groups excluding tert-OH is 1. The van der Waals surface area contributed by atoms with Crippen molar-refractivity contribution >= 4 is 0 Å². The second-order valence-electron chi connectivity index (χ2n) is 5.64. The Hall–Kier alpha value is -0.860. The lowest BCUT2D eigenvalue weighted by Gasteiger charge is -2.32. The second-order valence-corrected chi connectivity index (χ2v) is 5.64. The van der Waals surface area contributed by atoms with Crippen molar-refractivity contribution < 1.29 is 5.11 Å². The summed E-state index contributed by atoms with van der Waals surface area (Å²) in [5, 5.41) is 13.7. The van der Waals surface area contributed by atoms with Gasteiger partial charge in [0.25, 0.3) is 0 Å². The maximum Gasteiger partial charge on any atom is 0.0855 e. The first-order valence-corrected chi connectivity index (χ1v) is 6.20. The van der Waals surface area contributed by atoms with E-state index in [0.29, 0.717) is 0 Å². The molecule has 2 N–H and O–H groups in total. The lowest BCUT2D eigenvalue weighted by atomic mass is 9.80. The first kappa shape index (κ1) is 14.2. The van der Waals surface area contributed by atoms with Gasteiger partial charge < -0.3 is 10.4 Å². The molecule has 1 aromatic rings. The highest BCUT2D eigenvalue weighted by atomic mass is 16.3. The molecule has 1 rings (SSSR count). The predicted octanol–water partition coefficient (Wildman–Crippen LogP) is 2.89. The van der Waals surface area contributed by atoms with Gasteiger partial charge in [-0.3, -0.25) is 0 Å². The highest BCUT2D eigenvalue weighted by molar-refractivity contribution is 5.40. The Kier molecular flexibility index (Phi) is 4.34. The van der Waals surface area contributed by atoms with E-state index in [4.69, 9.17) is 0 Å². The third kappa shape index (κ3) is 2.88.